The first kappa shape index (κ1) is 15.7. The molecule has 0 bridgehead atoms. The molecule has 0 saturated heterocycles. The van der Waals surface area contributed by atoms with Crippen LogP contribution in [0.15, 0.2) is 114 Å². The molecule has 0 aliphatic carbocycles. The summed E-state index contributed by atoms with van der Waals surface area (Å²) in [5.41, 5.74) is 6.02. The van der Waals surface area contributed by atoms with Crippen molar-refractivity contribution in [3.05, 3.63) is 109 Å². The van der Waals surface area contributed by atoms with Gasteiger partial charge in [0.15, 0.2) is 0 Å². The third kappa shape index (κ3) is 2.74. The molecular weight excluding hydrogens is 328 g/mol. The third-order valence-corrected chi connectivity index (χ3v) is 4.98. The minimum absolute atomic E-state index is 0.892. The minimum atomic E-state index is 0.892. The lowest BCUT2D eigenvalue weighted by Gasteiger charge is -2.17. The van der Waals surface area contributed by atoms with Gasteiger partial charge in [-0.2, -0.15) is 0 Å². The van der Waals surface area contributed by atoms with Gasteiger partial charge in [0.25, 0.3) is 0 Å². The standard InChI is InChI=1S/C26H18O/c1-3-10-19(11-4-1)23-18-24(25-16-9-17-27-25)21-14-7-8-15-22(21)26(23)20-12-5-2-6-13-20/h1-18H. The second-order valence-corrected chi connectivity index (χ2v) is 6.60. The van der Waals surface area contributed by atoms with Crippen molar-refractivity contribution in [3.8, 4) is 33.6 Å². The Morgan fingerprint density at radius 2 is 1.11 bits per heavy atom. The van der Waals surface area contributed by atoms with E-state index in [1.165, 1.54) is 33.0 Å². The van der Waals surface area contributed by atoms with Crippen molar-refractivity contribution in [1.82, 2.24) is 0 Å². The van der Waals surface area contributed by atoms with Gasteiger partial charge in [-0.1, -0.05) is 84.9 Å². The fourth-order valence-corrected chi connectivity index (χ4v) is 3.77. The molecular formula is C26H18O. The number of fused-ring (bicyclic) bond motifs is 1. The van der Waals surface area contributed by atoms with Crippen molar-refractivity contribution in [1.29, 1.82) is 0 Å². The maximum atomic E-state index is 5.76. The third-order valence-electron chi connectivity index (χ3n) is 4.98. The van der Waals surface area contributed by atoms with E-state index < -0.39 is 0 Å². The van der Waals surface area contributed by atoms with Gasteiger partial charge in [0.05, 0.1) is 6.26 Å². The highest BCUT2D eigenvalue weighted by molar-refractivity contribution is 6.10. The largest absolute Gasteiger partial charge is 0.464 e. The highest BCUT2D eigenvalue weighted by atomic mass is 16.3. The fourth-order valence-electron chi connectivity index (χ4n) is 3.77. The van der Waals surface area contributed by atoms with E-state index >= 15 is 0 Å². The second-order valence-electron chi connectivity index (χ2n) is 6.60. The predicted octanol–water partition coefficient (Wildman–Crippen LogP) is 7.43. The summed E-state index contributed by atoms with van der Waals surface area (Å²) in [6, 6.07) is 36.0. The molecule has 27 heavy (non-hydrogen) atoms. The molecule has 0 atom stereocenters. The van der Waals surface area contributed by atoms with Crippen LogP contribution < -0.4 is 0 Å². The minimum Gasteiger partial charge on any atom is -0.464 e. The first-order chi connectivity index (χ1) is 13.4. The predicted molar refractivity (Wildman–Crippen MR) is 113 cm³/mol. The van der Waals surface area contributed by atoms with Crippen LogP contribution in [0.2, 0.25) is 0 Å². The van der Waals surface area contributed by atoms with Crippen molar-refractivity contribution < 1.29 is 4.42 Å². The van der Waals surface area contributed by atoms with Crippen molar-refractivity contribution in [3.63, 3.8) is 0 Å². The number of hydrogen-bond acceptors (Lipinski definition) is 1. The Labute approximate surface area is 158 Å². The lowest BCUT2D eigenvalue weighted by molar-refractivity contribution is 0.583. The molecule has 0 unspecified atom stereocenters. The second kappa shape index (κ2) is 6.62. The molecule has 0 amide bonds. The molecule has 5 aromatic rings. The topological polar surface area (TPSA) is 13.1 Å². The van der Waals surface area contributed by atoms with Gasteiger partial charge in [-0.15, -0.1) is 0 Å². The molecule has 1 aromatic heterocycles. The molecule has 4 aromatic carbocycles. The van der Waals surface area contributed by atoms with Crippen LogP contribution in [0.25, 0.3) is 44.3 Å². The quantitative estimate of drug-likeness (QED) is 0.331. The lowest BCUT2D eigenvalue weighted by Crippen LogP contribution is -1.91. The summed E-state index contributed by atoms with van der Waals surface area (Å²) in [5, 5.41) is 2.43. The van der Waals surface area contributed by atoms with E-state index in [0.717, 1.165) is 11.3 Å². The van der Waals surface area contributed by atoms with Crippen molar-refractivity contribution in [2.45, 2.75) is 0 Å². The van der Waals surface area contributed by atoms with E-state index in [1.54, 1.807) is 6.26 Å². The zero-order valence-electron chi connectivity index (χ0n) is 14.8. The van der Waals surface area contributed by atoms with Crippen molar-refractivity contribution in [2.75, 3.05) is 0 Å². The number of rotatable bonds is 3. The Kier molecular flexibility index (Phi) is 3.84. The molecule has 0 fully saturated rings. The first-order valence-electron chi connectivity index (χ1n) is 9.12. The highest BCUT2D eigenvalue weighted by Crippen LogP contribution is 2.42. The average molecular weight is 346 g/mol. The summed E-state index contributed by atoms with van der Waals surface area (Å²) in [4.78, 5) is 0. The first-order valence-corrected chi connectivity index (χ1v) is 9.12. The van der Waals surface area contributed by atoms with Gasteiger partial charge in [0.2, 0.25) is 0 Å². The van der Waals surface area contributed by atoms with Crippen LogP contribution in [-0.2, 0) is 0 Å². The van der Waals surface area contributed by atoms with E-state index in [0.29, 0.717) is 0 Å². The fraction of sp³-hybridized carbons (Fsp3) is 0. The Morgan fingerprint density at radius 3 is 1.78 bits per heavy atom. The van der Waals surface area contributed by atoms with E-state index in [-0.39, 0.29) is 0 Å². The Bertz CT molecular complexity index is 1190. The van der Waals surface area contributed by atoms with Crippen LogP contribution in [0.1, 0.15) is 0 Å². The van der Waals surface area contributed by atoms with Crippen molar-refractivity contribution >= 4 is 10.8 Å². The van der Waals surface area contributed by atoms with Crippen LogP contribution in [0.5, 0.6) is 0 Å². The molecule has 0 aliphatic heterocycles. The smallest absolute Gasteiger partial charge is 0.134 e. The van der Waals surface area contributed by atoms with Gasteiger partial charge in [-0.3, -0.25) is 0 Å². The molecule has 5 rings (SSSR count). The SMILES string of the molecule is c1ccc(-c2cc(-c3ccco3)c3ccccc3c2-c2ccccc2)cc1. The van der Waals surface area contributed by atoms with E-state index in [4.69, 9.17) is 4.42 Å². The molecule has 0 spiro atoms. The Hall–Kier alpha value is -3.58. The molecule has 0 N–H and O–H groups in total. The number of benzene rings is 4. The summed E-state index contributed by atoms with van der Waals surface area (Å²) in [6.45, 7) is 0. The van der Waals surface area contributed by atoms with Gasteiger partial charge in [0.1, 0.15) is 5.76 Å². The molecule has 1 heterocycles. The monoisotopic (exact) mass is 346 g/mol. The van der Waals surface area contributed by atoms with Crippen LogP contribution in [0, 0.1) is 0 Å². The summed E-state index contributed by atoms with van der Waals surface area (Å²) >= 11 is 0. The van der Waals surface area contributed by atoms with E-state index in [2.05, 4.69) is 91.0 Å². The molecule has 0 radical (unpaired) electrons. The number of hydrogen-bond donors (Lipinski definition) is 0. The van der Waals surface area contributed by atoms with E-state index in [9.17, 15) is 0 Å². The summed E-state index contributed by atoms with van der Waals surface area (Å²) in [6.07, 6.45) is 1.73. The van der Waals surface area contributed by atoms with Crippen LogP contribution >= 0.6 is 0 Å². The zero-order valence-corrected chi connectivity index (χ0v) is 14.8. The van der Waals surface area contributed by atoms with Gasteiger partial charge in [-0.25, -0.2) is 0 Å². The summed E-state index contributed by atoms with van der Waals surface area (Å²) < 4.78 is 5.76. The van der Waals surface area contributed by atoms with Crippen molar-refractivity contribution in [2.24, 2.45) is 0 Å². The highest BCUT2D eigenvalue weighted by Gasteiger charge is 2.16. The maximum absolute atomic E-state index is 5.76. The van der Waals surface area contributed by atoms with Crippen LogP contribution in [0.3, 0.4) is 0 Å². The van der Waals surface area contributed by atoms with Crippen LogP contribution in [0.4, 0.5) is 0 Å². The summed E-state index contributed by atoms with van der Waals surface area (Å²) in [5.74, 6) is 0.892. The maximum Gasteiger partial charge on any atom is 0.134 e. The molecule has 128 valence electrons. The molecule has 0 saturated carbocycles. The van der Waals surface area contributed by atoms with Gasteiger partial charge in [-0.05, 0) is 51.2 Å². The van der Waals surface area contributed by atoms with Crippen LogP contribution in [-0.4, -0.2) is 0 Å². The van der Waals surface area contributed by atoms with Gasteiger partial charge in [0, 0.05) is 5.56 Å². The Balaban J connectivity index is 1.93. The lowest BCUT2D eigenvalue weighted by atomic mass is 9.87. The molecule has 1 heteroatoms. The number of furan rings is 1. The molecule has 1 nitrogen and oxygen atoms in total. The Morgan fingerprint density at radius 1 is 0.481 bits per heavy atom. The normalized spacial score (nSPS) is 11.0. The summed E-state index contributed by atoms with van der Waals surface area (Å²) in [7, 11) is 0. The zero-order chi connectivity index (χ0) is 18.1. The van der Waals surface area contributed by atoms with Gasteiger partial charge < -0.3 is 4.42 Å². The average Bonchev–Trinajstić information content (AvgIpc) is 3.28. The molecule has 0 aliphatic rings. The van der Waals surface area contributed by atoms with Gasteiger partial charge >= 0.3 is 0 Å². The van der Waals surface area contributed by atoms with E-state index in [1.807, 2.05) is 12.1 Å².